The first-order chi connectivity index (χ1) is 14.9. The maximum Gasteiger partial charge on any atom is 0.246 e. The van der Waals surface area contributed by atoms with Crippen molar-refractivity contribution in [2.24, 2.45) is 0 Å². The van der Waals surface area contributed by atoms with Crippen molar-refractivity contribution >= 4 is 23.4 Å². The van der Waals surface area contributed by atoms with Gasteiger partial charge in [-0.3, -0.25) is 9.48 Å². The number of halogens is 1. The van der Waals surface area contributed by atoms with E-state index in [0.717, 1.165) is 23.2 Å². The van der Waals surface area contributed by atoms with E-state index in [1.54, 1.807) is 0 Å². The van der Waals surface area contributed by atoms with E-state index in [9.17, 15) is 9.18 Å². The van der Waals surface area contributed by atoms with Gasteiger partial charge in [0.25, 0.3) is 0 Å². The summed E-state index contributed by atoms with van der Waals surface area (Å²) in [6.45, 7) is 4.24. The smallest absolute Gasteiger partial charge is 0.246 e. The van der Waals surface area contributed by atoms with Gasteiger partial charge in [-0.05, 0) is 38.0 Å². The zero-order valence-electron chi connectivity index (χ0n) is 17.6. The molecule has 1 aromatic carbocycles. The predicted molar refractivity (Wildman–Crippen MR) is 116 cm³/mol. The Hall–Kier alpha value is -3.49. The summed E-state index contributed by atoms with van der Waals surface area (Å²) in [5, 5.41) is 10.7. The third-order valence-corrected chi connectivity index (χ3v) is 6.11. The van der Waals surface area contributed by atoms with Gasteiger partial charge < -0.3 is 15.5 Å². The number of rotatable bonds is 5. The van der Waals surface area contributed by atoms with Crippen LogP contribution in [0.3, 0.4) is 0 Å². The van der Waals surface area contributed by atoms with Crippen LogP contribution in [0.2, 0.25) is 0 Å². The zero-order chi connectivity index (χ0) is 21.7. The molecule has 160 valence electrons. The number of hydrogen-bond donors (Lipinski definition) is 2. The van der Waals surface area contributed by atoms with E-state index in [0.29, 0.717) is 36.0 Å². The molecule has 9 heteroatoms. The Bertz CT molecular complexity index is 1140. The molecule has 5 rings (SSSR count). The molecule has 0 unspecified atom stereocenters. The molecule has 0 bridgehead atoms. The van der Waals surface area contributed by atoms with Crippen LogP contribution in [0.4, 0.5) is 21.8 Å². The summed E-state index contributed by atoms with van der Waals surface area (Å²) in [6.07, 6.45) is 4.87. The van der Waals surface area contributed by atoms with Crippen molar-refractivity contribution in [1.29, 1.82) is 0 Å². The van der Waals surface area contributed by atoms with E-state index in [4.69, 9.17) is 0 Å². The van der Waals surface area contributed by atoms with Crippen LogP contribution in [0.25, 0.3) is 0 Å². The third-order valence-electron chi connectivity index (χ3n) is 6.11. The highest BCUT2D eigenvalue weighted by atomic mass is 19.1. The fourth-order valence-corrected chi connectivity index (χ4v) is 4.00. The summed E-state index contributed by atoms with van der Waals surface area (Å²) in [7, 11) is 1.86. The monoisotopic (exact) mass is 421 g/mol. The Morgan fingerprint density at radius 3 is 2.81 bits per heavy atom. The lowest BCUT2D eigenvalue weighted by molar-refractivity contribution is -0.117. The van der Waals surface area contributed by atoms with Gasteiger partial charge in [-0.1, -0.05) is 12.1 Å². The summed E-state index contributed by atoms with van der Waals surface area (Å²) < 4.78 is 15.1. The van der Waals surface area contributed by atoms with Crippen LogP contribution in [-0.2, 0) is 11.3 Å². The number of likely N-dealkylation sites (N-methyl/N-ethyl adjacent to an activating group) is 1. The molecule has 2 N–H and O–H groups in total. The molecule has 31 heavy (non-hydrogen) atoms. The van der Waals surface area contributed by atoms with Gasteiger partial charge in [-0.15, -0.1) is 0 Å². The summed E-state index contributed by atoms with van der Waals surface area (Å²) in [4.78, 5) is 23.0. The molecule has 1 amide bonds. The molecule has 1 fully saturated rings. The standard InChI is InChI=1S/C22H24FN7O/c1-12-19-20(29(3)13(2)21(31)27-19)28-22(26-12)24-9-14-10-25-30(11-14)18-8-17(18)15-4-6-16(23)7-5-15/h4-7,10-11,13,17-18H,8-9H2,1-3H3,(H,27,31)(H,24,26,28)/t13-,17-,18-/m0/s1. The first-order valence-electron chi connectivity index (χ1n) is 10.4. The van der Waals surface area contributed by atoms with E-state index < -0.39 is 0 Å². The average Bonchev–Trinajstić information content (AvgIpc) is 3.41. The number of hydrogen-bond acceptors (Lipinski definition) is 6. The van der Waals surface area contributed by atoms with Crippen LogP contribution < -0.4 is 15.5 Å². The van der Waals surface area contributed by atoms with Crippen LogP contribution in [0.5, 0.6) is 0 Å². The number of nitrogens with zero attached hydrogens (tertiary/aromatic N) is 5. The Kier molecular flexibility index (Phi) is 4.60. The van der Waals surface area contributed by atoms with Crippen molar-refractivity contribution in [2.45, 2.75) is 44.8 Å². The molecular weight excluding hydrogens is 397 g/mol. The number of benzene rings is 1. The second-order valence-electron chi connectivity index (χ2n) is 8.25. The molecule has 8 nitrogen and oxygen atoms in total. The van der Waals surface area contributed by atoms with Crippen molar-refractivity contribution in [1.82, 2.24) is 19.7 Å². The molecule has 0 radical (unpaired) electrons. The number of amides is 1. The first-order valence-corrected chi connectivity index (χ1v) is 10.4. The number of nitrogens with one attached hydrogen (secondary N) is 2. The summed E-state index contributed by atoms with van der Waals surface area (Å²) in [6, 6.07) is 6.73. The number of aromatic nitrogens is 4. The third kappa shape index (κ3) is 3.60. The van der Waals surface area contributed by atoms with Crippen molar-refractivity contribution < 1.29 is 9.18 Å². The van der Waals surface area contributed by atoms with Crippen LogP contribution in [-0.4, -0.2) is 38.7 Å². The predicted octanol–water partition coefficient (Wildman–Crippen LogP) is 3.24. The number of aryl methyl sites for hydroxylation is 1. The lowest BCUT2D eigenvalue weighted by Crippen LogP contribution is -2.44. The SMILES string of the molecule is Cc1nc(NCc2cnn([C@H]3C[C@H]3c3ccc(F)cc3)c2)nc2c1NC(=O)[C@H](C)N2C. The fraction of sp³-hybridized carbons (Fsp3) is 0.364. The van der Waals surface area contributed by atoms with Crippen LogP contribution >= 0.6 is 0 Å². The van der Waals surface area contributed by atoms with Gasteiger partial charge in [0.05, 0.1) is 17.9 Å². The lowest BCUT2D eigenvalue weighted by Gasteiger charge is -2.32. The van der Waals surface area contributed by atoms with Gasteiger partial charge in [-0.2, -0.15) is 10.1 Å². The minimum absolute atomic E-state index is 0.0613. The minimum Gasteiger partial charge on any atom is -0.350 e. The van der Waals surface area contributed by atoms with E-state index in [-0.39, 0.29) is 17.8 Å². The molecule has 1 saturated carbocycles. The Morgan fingerprint density at radius 1 is 1.26 bits per heavy atom. The lowest BCUT2D eigenvalue weighted by atomic mass is 10.1. The molecule has 1 aliphatic carbocycles. The molecule has 2 aromatic heterocycles. The fourth-order valence-electron chi connectivity index (χ4n) is 4.00. The van der Waals surface area contributed by atoms with Crippen LogP contribution in [0.1, 0.15) is 42.1 Å². The summed E-state index contributed by atoms with van der Waals surface area (Å²) in [5.41, 5.74) is 3.55. The van der Waals surface area contributed by atoms with Gasteiger partial charge in [-0.25, -0.2) is 9.37 Å². The van der Waals surface area contributed by atoms with Gasteiger partial charge in [0.1, 0.15) is 17.5 Å². The molecule has 3 atom stereocenters. The minimum atomic E-state index is -0.291. The van der Waals surface area contributed by atoms with E-state index in [1.165, 1.54) is 12.1 Å². The van der Waals surface area contributed by atoms with E-state index >= 15 is 0 Å². The Balaban J connectivity index is 1.26. The second kappa shape index (κ2) is 7.33. The topological polar surface area (TPSA) is 88.0 Å². The molecule has 3 aromatic rings. The first kappa shape index (κ1) is 19.5. The number of fused-ring (bicyclic) bond motifs is 1. The van der Waals surface area contributed by atoms with Gasteiger partial charge in [0.2, 0.25) is 11.9 Å². The number of carbonyl (C=O) groups excluding carboxylic acids is 1. The highest BCUT2D eigenvalue weighted by molar-refractivity contribution is 6.03. The molecular formula is C22H24FN7O. The van der Waals surface area contributed by atoms with Crippen molar-refractivity contribution in [3.8, 4) is 0 Å². The van der Waals surface area contributed by atoms with Gasteiger partial charge >= 0.3 is 0 Å². The molecule has 1 aliphatic heterocycles. The highest BCUT2D eigenvalue weighted by Gasteiger charge is 2.40. The average molecular weight is 421 g/mol. The van der Waals surface area contributed by atoms with E-state index in [1.807, 2.05) is 55.0 Å². The van der Waals surface area contributed by atoms with Crippen LogP contribution in [0.15, 0.2) is 36.7 Å². The normalized spacial score (nSPS) is 22.1. The second-order valence-corrected chi connectivity index (χ2v) is 8.25. The summed E-state index contributed by atoms with van der Waals surface area (Å²) in [5.74, 6) is 1.32. The maximum atomic E-state index is 13.1. The molecule has 0 spiro atoms. The quantitative estimate of drug-likeness (QED) is 0.658. The number of anilines is 3. The number of carbonyl (C=O) groups is 1. The highest BCUT2D eigenvalue weighted by Crippen LogP contribution is 2.51. The van der Waals surface area contributed by atoms with Crippen LogP contribution in [0, 0.1) is 12.7 Å². The summed E-state index contributed by atoms with van der Waals surface area (Å²) >= 11 is 0. The van der Waals surface area contributed by atoms with Crippen molar-refractivity contribution in [3.63, 3.8) is 0 Å². The Morgan fingerprint density at radius 2 is 2.03 bits per heavy atom. The largest absolute Gasteiger partial charge is 0.350 e. The molecule has 3 heterocycles. The Labute approximate surface area is 179 Å². The maximum absolute atomic E-state index is 13.1. The zero-order valence-corrected chi connectivity index (χ0v) is 17.6. The molecule has 2 aliphatic rings. The van der Waals surface area contributed by atoms with Gasteiger partial charge in [0, 0.05) is 31.3 Å². The molecule has 0 saturated heterocycles. The van der Waals surface area contributed by atoms with Crippen molar-refractivity contribution in [2.75, 3.05) is 22.6 Å². The van der Waals surface area contributed by atoms with E-state index in [2.05, 4.69) is 25.7 Å². The van der Waals surface area contributed by atoms with Gasteiger partial charge in [0.15, 0.2) is 5.82 Å². The van der Waals surface area contributed by atoms with Crippen molar-refractivity contribution in [3.05, 3.63) is 59.3 Å².